The van der Waals surface area contributed by atoms with Crippen LogP contribution in [0.5, 0.6) is 0 Å². The van der Waals surface area contributed by atoms with Gasteiger partial charge in [0.2, 0.25) is 0 Å². The Morgan fingerprint density at radius 2 is 0.950 bits per heavy atom. The summed E-state index contributed by atoms with van der Waals surface area (Å²) in [5.74, 6) is -0.224. The molecule has 5 heteroatoms. The number of nitro benzene ring substituents is 1. The van der Waals surface area contributed by atoms with Gasteiger partial charge in [-0.15, -0.1) is 0 Å². The Morgan fingerprint density at radius 3 is 1.40 bits per heavy atom. The Hall–Kier alpha value is -5.42. The number of non-ortho nitro benzene ring substituents is 1. The lowest BCUT2D eigenvalue weighted by Gasteiger charge is -2.22. The maximum absolute atomic E-state index is 11.6. The second-order valence-electron chi connectivity index (χ2n) is 9.93. The van der Waals surface area contributed by atoms with Crippen LogP contribution in [0.25, 0.3) is 44.3 Å². The van der Waals surface area contributed by atoms with Crippen LogP contribution >= 0.6 is 0 Å². The molecule has 40 heavy (non-hydrogen) atoms. The van der Waals surface area contributed by atoms with Crippen LogP contribution in [0.15, 0.2) is 133 Å². The van der Waals surface area contributed by atoms with Gasteiger partial charge in [0.05, 0.1) is 16.3 Å². The lowest BCUT2D eigenvalue weighted by Crippen LogP contribution is -2.06. The molecule has 192 valence electrons. The van der Waals surface area contributed by atoms with Crippen LogP contribution in [0.4, 0.5) is 5.69 Å². The third-order valence-electron chi connectivity index (χ3n) is 7.63. The molecule has 7 rings (SSSR count). The molecule has 0 saturated carbocycles. The van der Waals surface area contributed by atoms with E-state index in [1.54, 1.807) is 12.1 Å². The first kappa shape index (κ1) is 23.7. The summed E-state index contributed by atoms with van der Waals surface area (Å²) < 4.78 is 0. The third kappa shape index (κ3) is 3.96. The summed E-state index contributed by atoms with van der Waals surface area (Å²) in [6.07, 6.45) is 0. The van der Waals surface area contributed by atoms with Crippen molar-refractivity contribution in [2.24, 2.45) is 0 Å². The van der Waals surface area contributed by atoms with E-state index in [0.717, 1.165) is 61.0 Å². The molecule has 0 fully saturated rings. The summed E-state index contributed by atoms with van der Waals surface area (Å²) in [5.41, 5.74) is 9.66. The summed E-state index contributed by atoms with van der Waals surface area (Å²) in [5, 5.41) is 13.8. The first-order valence-electron chi connectivity index (χ1n) is 13.3. The minimum atomic E-state index is -0.346. The number of hydrogen-bond donors (Lipinski definition) is 2. The van der Waals surface area contributed by atoms with Crippen molar-refractivity contribution in [2.45, 2.75) is 5.92 Å². The zero-order valence-corrected chi connectivity index (χ0v) is 21.5. The van der Waals surface area contributed by atoms with E-state index in [1.165, 1.54) is 0 Å². The van der Waals surface area contributed by atoms with Crippen molar-refractivity contribution >= 4 is 27.5 Å². The molecule has 0 radical (unpaired) electrons. The highest BCUT2D eigenvalue weighted by molar-refractivity contribution is 5.97. The molecule has 2 aromatic heterocycles. The number of nitrogens with one attached hydrogen (secondary N) is 2. The first-order chi connectivity index (χ1) is 19.7. The van der Waals surface area contributed by atoms with Crippen molar-refractivity contribution in [3.63, 3.8) is 0 Å². The number of rotatable bonds is 6. The van der Waals surface area contributed by atoms with Gasteiger partial charge in [0.25, 0.3) is 5.69 Å². The Balaban J connectivity index is 1.61. The highest BCUT2D eigenvalue weighted by atomic mass is 16.6. The van der Waals surface area contributed by atoms with E-state index in [2.05, 4.69) is 70.6 Å². The van der Waals surface area contributed by atoms with Gasteiger partial charge in [0.1, 0.15) is 0 Å². The monoisotopic (exact) mass is 519 g/mol. The fourth-order valence-electron chi connectivity index (χ4n) is 5.86. The zero-order chi connectivity index (χ0) is 27.1. The Morgan fingerprint density at radius 1 is 0.525 bits per heavy atom. The second-order valence-corrected chi connectivity index (χ2v) is 9.93. The molecule has 0 unspecified atom stereocenters. The van der Waals surface area contributed by atoms with E-state index in [0.29, 0.717) is 0 Å². The van der Waals surface area contributed by atoms with Crippen molar-refractivity contribution in [3.8, 4) is 22.5 Å². The Kier molecular flexibility index (Phi) is 5.75. The molecule has 0 aliphatic rings. The summed E-state index contributed by atoms with van der Waals surface area (Å²) in [7, 11) is 0. The molecule has 0 saturated heterocycles. The van der Waals surface area contributed by atoms with Crippen molar-refractivity contribution in [2.75, 3.05) is 0 Å². The van der Waals surface area contributed by atoms with Crippen molar-refractivity contribution in [1.29, 1.82) is 0 Å². The van der Waals surface area contributed by atoms with Crippen LogP contribution < -0.4 is 0 Å². The van der Waals surface area contributed by atoms with Crippen LogP contribution in [0.2, 0.25) is 0 Å². The summed E-state index contributed by atoms with van der Waals surface area (Å²) >= 11 is 0. The smallest absolute Gasteiger partial charge is 0.269 e. The number of nitrogens with zero attached hydrogens (tertiary/aromatic N) is 1. The quantitative estimate of drug-likeness (QED) is 0.170. The van der Waals surface area contributed by atoms with Crippen LogP contribution in [-0.2, 0) is 0 Å². The number of benzene rings is 5. The maximum Gasteiger partial charge on any atom is 0.269 e. The Labute approximate surface area is 230 Å². The fraction of sp³-hybridized carbons (Fsp3) is 0.0286. The molecule has 0 atom stereocenters. The van der Waals surface area contributed by atoms with Gasteiger partial charge in [-0.2, -0.15) is 0 Å². The number of aromatic amines is 2. The van der Waals surface area contributed by atoms with Crippen LogP contribution in [0, 0.1) is 10.1 Å². The fourth-order valence-corrected chi connectivity index (χ4v) is 5.86. The summed E-state index contributed by atoms with van der Waals surface area (Å²) in [6, 6.07) is 44.5. The topological polar surface area (TPSA) is 74.7 Å². The maximum atomic E-state index is 11.6. The van der Waals surface area contributed by atoms with Gasteiger partial charge in [-0.1, -0.05) is 109 Å². The molecule has 0 spiro atoms. The number of nitro groups is 1. The van der Waals surface area contributed by atoms with E-state index < -0.39 is 0 Å². The molecule has 5 aromatic carbocycles. The van der Waals surface area contributed by atoms with Crippen LogP contribution in [0.1, 0.15) is 22.6 Å². The van der Waals surface area contributed by atoms with Crippen LogP contribution in [0.3, 0.4) is 0 Å². The number of aromatic nitrogens is 2. The molecule has 5 nitrogen and oxygen atoms in total. The van der Waals surface area contributed by atoms with Gasteiger partial charge in [0, 0.05) is 39.9 Å². The molecule has 7 aromatic rings. The van der Waals surface area contributed by atoms with Gasteiger partial charge < -0.3 is 9.97 Å². The van der Waals surface area contributed by atoms with Gasteiger partial charge in [-0.3, -0.25) is 10.1 Å². The average molecular weight is 520 g/mol. The zero-order valence-electron chi connectivity index (χ0n) is 21.5. The molecule has 2 N–H and O–H groups in total. The van der Waals surface area contributed by atoms with Crippen molar-refractivity contribution < 1.29 is 4.92 Å². The van der Waals surface area contributed by atoms with Crippen molar-refractivity contribution in [1.82, 2.24) is 9.97 Å². The SMILES string of the molecule is O=[N+]([O-])c1ccc(C(c2c(-c3ccccc3)[nH]c3ccccc23)c2c(-c3ccccc3)[nH]c3ccccc23)cc1. The largest absolute Gasteiger partial charge is 0.354 e. The van der Waals surface area contributed by atoms with Gasteiger partial charge in [-0.25, -0.2) is 0 Å². The van der Waals surface area contributed by atoms with Crippen LogP contribution in [-0.4, -0.2) is 14.9 Å². The minimum absolute atomic E-state index is 0.0759. The standard InChI is InChI=1S/C35H25N3O2/c39-38(40)26-21-19-23(20-22-26)31(32-27-15-7-9-17-29(27)36-34(32)24-11-3-1-4-12-24)33-28-16-8-10-18-30(28)37-35(33)25-13-5-2-6-14-25/h1-22,31,36-37H. The number of hydrogen-bond acceptors (Lipinski definition) is 2. The molecular weight excluding hydrogens is 494 g/mol. The van der Waals surface area contributed by atoms with E-state index in [-0.39, 0.29) is 16.5 Å². The third-order valence-corrected chi connectivity index (χ3v) is 7.63. The number of fused-ring (bicyclic) bond motifs is 2. The first-order valence-corrected chi connectivity index (χ1v) is 13.3. The van der Waals surface area contributed by atoms with E-state index in [4.69, 9.17) is 0 Å². The van der Waals surface area contributed by atoms with E-state index >= 15 is 0 Å². The summed E-state index contributed by atoms with van der Waals surface area (Å²) in [4.78, 5) is 18.6. The Bertz CT molecular complexity index is 1850. The predicted octanol–water partition coefficient (Wildman–Crippen LogP) is 9.07. The molecule has 2 heterocycles. The normalized spacial score (nSPS) is 11.4. The van der Waals surface area contributed by atoms with Gasteiger partial charge >= 0.3 is 0 Å². The van der Waals surface area contributed by atoms with E-state index in [9.17, 15) is 10.1 Å². The summed E-state index contributed by atoms with van der Waals surface area (Å²) in [6.45, 7) is 0. The minimum Gasteiger partial charge on any atom is -0.354 e. The van der Waals surface area contributed by atoms with E-state index in [1.807, 2.05) is 60.7 Å². The highest BCUT2D eigenvalue weighted by Gasteiger charge is 2.30. The van der Waals surface area contributed by atoms with Crippen molar-refractivity contribution in [3.05, 3.63) is 160 Å². The molecular formula is C35H25N3O2. The molecule has 0 aliphatic heterocycles. The lowest BCUT2D eigenvalue weighted by molar-refractivity contribution is -0.384. The highest BCUT2D eigenvalue weighted by Crippen LogP contribution is 2.47. The average Bonchev–Trinajstić information content (AvgIpc) is 3.58. The predicted molar refractivity (Wildman–Crippen MR) is 162 cm³/mol. The lowest BCUT2D eigenvalue weighted by atomic mass is 9.80. The molecule has 0 aliphatic carbocycles. The molecule has 0 amide bonds. The number of para-hydroxylation sites is 2. The molecule has 0 bridgehead atoms. The second kappa shape index (κ2) is 9.71. The number of H-pyrrole nitrogens is 2. The van der Waals surface area contributed by atoms with Gasteiger partial charge in [-0.05, 0) is 39.9 Å². The van der Waals surface area contributed by atoms with Gasteiger partial charge in [0.15, 0.2) is 0 Å².